The Morgan fingerprint density at radius 2 is 2.23 bits per heavy atom. The van der Waals surface area contributed by atoms with Crippen LogP contribution in [0.4, 0.5) is 5.13 Å². The highest BCUT2D eigenvalue weighted by Gasteiger charge is 2.19. The summed E-state index contributed by atoms with van der Waals surface area (Å²) in [7, 11) is 2.21. The Balaban J connectivity index is 1.23. The molecule has 1 saturated heterocycles. The standard InChI is InChI=1S/C23H29N5OS/c1-16-22(20-7-10-28(26-20)15-18-4-3-9-27(2)14-18)30-23(25-16)24-13-17-5-6-21-19(12-17)8-11-29-21/h5-7,10,12,18H,3-4,8-9,11,13-15H2,1-2H3,(H,24,25). The van der Waals surface area contributed by atoms with Crippen molar-refractivity contribution in [1.82, 2.24) is 19.7 Å². The Hall–Kier alpha value is -2.38. The molecule has 1 unspecified atom stereocenters. The molecule has 1 fully saturated rings. The first-order chi connectivity index (χ1) is 14.6. The van der Waals surface area contributed by atoms with E-state index in [1.807, 2.05) is 0 Å². The first-order valence-electron chi connectivity index (χ1n) is 10.8. The largest absolute Gasteiger partial charge is 0.493 e. The molecule has 158 valence electrons. The Morgan fingerprint density at radius 3 is 3.13 bits per heavy atom. The predicted molar refractivity (Wildman–Crippen MR) is 121 cm³/mol. The second-order valence-electron chi connectivity index (χ2n) is 8.52. The van der Waals surface area contributed by atoms with Crippen LogP contribution >= 0.6 is 11.3 Å². The maximum atomic E-state index is 5.60. The highest BCUT2D eigenvalue weighted by Crippen LogP contribution is 2.32. The van der Waals surface area contributed by atoms with Gasteiger partial charge in [0, 0.05) is 32.3 Å². The molecule has 5 rings (SSSR count). The van der Waals surface area contributed by atoms with Gasteiger partial charge in [0.25, 0.3) is 0 Å². The number of nitrogens with one attached hydrogen (secondary N) is 1. The summed E-state index contributed by atoms with van der Waals surface area (Å²) in [5.41, 5.74) is 4.62. The number of likely N-dealkylation sites (tertiary alicyclic amines) is 1. The van der Waals surface area contributed by atoms with Gasteiger partial charge in [-0.1, -0.05) is 23.5 Å². The molecule has 7 heteroatoms. The number of piperidine rings is 1. The van der Waals surface area contributed by atoms with Crippen LogP contribution in [0.2, 0.25) is 0 Å². The van der Waals surface area contributed by atoms with Crippen LogP contribution in [0, 0.1) is 12.8 Å². The molecule has 1 atom stereocenters. The molecule has 0 amide bonds. The van der Waals surface area contributed by atoms with E-state index in [-0.39, 0.29) is 0 Å². The second kappa shape index (κ2) is 8.40. The van der Waals surface area contributed by atoms with Crippen LogP contribution in [0.1, 0.15) is 29.7 Å². The molecular formula is C23H29N5OS. The maximum absolute atomic E-state index is 5.60. The van der Waals surface area contributed by atoms with E-state index in [0.717, 1.165) is 59.8 Å². The summed E-state index contributed by atoms with van der Waals surface area (Å²) in [6.07, 6.45) is 5.70. The van der Waals surface area contributed by atoms with Crippen molar-refractivity contribution in [3.63, 3.8) is 0 Å². The molecule has 0 bridgehead atoms. The molecule has 0 aliphatic carbocycles. The molecular weight excluding hydrogens is 394 g/mol. The summed E-state index contributed by atoms with van der Waals surface area (Å²) in [5.74, 6) is 1.72. The molecule has 1 N–H and O–H groups in total. The average Bonchev–Trinajstić information content (AvgIpc) is 3.46. The van der Waals surface area contributed by atoms with Crippen molar-refractivity contribution >= 4 is 16.5 Å². The molecule has 30 heavy (non-hydrogen) atoms. The van der Waals surface area contributed by atoms with Gasteiger partial charge in [0.15, 0.2) is 5.13 Å². The minimum absolute atomic E-state index is 0.689. The molecule has 3 aromatic rings. The van der Waals surface area contributed by atoms with Crippen molar-refractivity contribution in [2.24, 2.45) is 5.92 Å². The predicted octanol–water partition coefficient (Wildman–Crippen LogP) is 4.20. The minimum atomic E-state index is 0.689. The number of aromatic nitrogens is 3. The normalized spacial score (nSPS) is 18.9. The topological polar surface area (TPSA) is 55.2 Å². The Bertz CT molecular complexity index is 1030. The maximum Gasteiger partial charge on any atom is 0.183 e. The van der Waals surface area contributed by atoms with Crippen LogP contribution in [0.15, 0.2) is 30.5 Å². The number of ether oxygens (including phenoxy) is 1. The summed E-state index contributed by atoms with van der Waals surface area (Å²) in [6, 6.07) is 8.57. The lowest BCUT2D eigenvalue weighted by Gasteiger charge is -2.29. The van der Waals surface area contributed by atoms with Crippen LogP contribution < -0.4 is 10.1 Å². The molecule has 2 aliphatic heterocycles. The Kier molecular flexibility index (Phi) is 5.48. The van der Waals surface area contributed by atoms with Gasteiger partial charge < -0.3 is 15.0 Å². The summed E-state index contributed by atoms with van der Waals surface area (Å²) in [4.78, 5) is 8.32. The van der Waals surface area contributed by atoms with Gasteiger partial charge in [0.1, 0.15) is 11.4 Å². The van der Waals surface area contributed by atoms with E-state index in [9.17, 15) is 0 Å². The number of anilines is 1. The van der Waals surface area contributed by atoms with Gasteiger partial charge in [0.2, 0.25) is 0 Å². The lowest BCUT2D eigenvalue weighted by atomic mass is 9.99. The van der Waals surface area contributed by atoms with E-state index in [2.05, 4.69) is 59.3 Å². The van der Waals surface area contributed by atoms with Gasteiger partial charge in [0.05, 0.1) is 17.2 Å². The van der Waals surface area contributed by atoms with Gasteiger partial charge in [-0.3, -0.25) is 4.68 Å². The zero-order valence-electron chi connectivity index (χ0n) is 17.7. The fourth-order valence-corrected chi connectivity index (χ4v) is 5.44. The van der Waals surface area contributed by atoms with Crippen LogP contribution in [0.5, 0.6) is 5.75 Å². The van der Waals surface area contributed by atoms with Crippen molar-refractivity contribution in [1.29, 1.82) is 0 Å². The van der Waals surface area contributed by atoms with Crippen LogP contribution in [-0.2, 0) is 19.5 Å². The van der Waals surface area contributed by atoms with E-state index in [4.69, 9.17) is 14.8 Å². The van der Waals surface area contributed by atoms with E-state index in [1.54, 1.807) is 11.3 Å². The molecule has 1 aromatic carbocycles. The third-order valence-electron chi connectivity index (χ3n) is 6.03. The quantitative estimate of drug-likeness (QED) is 0.644. The smallest absolute Gasteiger partial charge is 0.183 e. The highest BCUT2D eigenvalue weighted by atomic mass is 32.1. The SMILES string of the molecule is Cc1nc(NCc2ccc3c(c2)CCO3)sc1-c1ccn(CC2CCCN(C)C2)n1. The molecule has 6 nitrogen and oxygen atoms in total. The van der Waals surface area contributed by atoms with E-state index < -0.39 is 0 Å². The minimum Gasteiger partial charge on any atom is -0.493 e. The molecule has 0 spiro atoms. The summed E-state index contributed by atoms with van der Waals surface area (Å²) >= 11 is 1.69. The van der Waals surface area contributed by atoms with Gasteiger partial charge >= 0.3 is 0 Å². The molecule has 0 saturated carbocycles. The first kappa shape index (κ1) is 19.6. The zero-order chi connectivity index (χ0) is 20.5. The lowest BCUT2D eigenvalue weighted by Crippen LogP contribution is -2.34. The summed E-state index contributed by atoms with van der Waals surface area (Å²) in [6.45, 7) is 7.01. The third-order valence-corrected chi connectivity index (χ3v) is 7.17. The molecule has 4 heterocycles. The van der Waals surface area contributed by atoms with E-state index in [0.29, 0.717) is 5.92 Å². The van der Waals surface area contributed by atoms with Gasteiger partial charge in [-0.2, -0.15) is 5.10 Å². The molecule has 0 radical (unpaired) electrons. The monoisotopic (exact) mass is 423 g/mol. The third kappa shape index (κ3) is 4.23. The molecule has 2 aliphatic rings. The van der Waals surface area contributed by atoms with Gasteiger partial charge in [-0.05, 0) is 62.5 Å². The number of rotatable bonds is 6. The highest BCUT2D eigenvalue weighted by molar-refractivity contribution is 7.19. The average molecular weight is 424 g/mol. The van der Waals surface area contributed by atoms with Crippen LogP contribution in [-0.4, -0.2) is 46.4 Å². The fraction of sp³-hybridized carbons (Fsp3) is 0.478. The van der Waals surface area contributed by atoms with Crippen molar-refractivity contribution in [2.75, 3.05) is 32.1 Å². The number of aryl methyl sites for hydroxylation is 1. The Morgan fingerprint density at radius 1 is 1.30 bits per heavy atom. The van der Waals surface area contributed by atoms with Crippen molar-refractivity contribution in [3.8, 4) is 16.3 Å². The number of benzene rings is 1. The van der Waals surface area contributed by atoms with E-state index in [1.165, 1.54) is 30.5 Å². The number of hydrogen-bond donors (Lipinski definition) is 1. The number of thiazole rings is 1. The fourth-order valence-electron chi connectivity index (χ4n) is 4.51. The summed E-state index contributed by atoms with van der Waals surface area (Å²) < 4.78 is 7.71. The molecule has 2 aromatic heterocycles. The van der Waals surface area contributed by atoms with Crippen molar-refractivity contribution in [2.45, 2.75) is 39.3 Å². The van der Waals surface area contributed by atoms with Crippen LogP contribution in [0.3, 0.4) is 0 Å². The van der Waals surface area contributed by atoms with Crippen LogP contribution in [0.25, 0.3) is 10.6 Å². The van der Waals surface area contributed by atoms with Crippen molar-refractivity contribution in [3.05, 3.63) is 47.3 Å². The van der Waals surface area contributed by atoms with Gasteiger partial charge in [-0.15, -0.1) is 0 Å². The van der Waals surface area contributed by atoms with Gasteiger partial charge in [-0.25, -0.2) is 4.98 Å². The second-order valence-corrected chi connectivity index (χ2v) is 9.52. The Labute approximate surface area is 181 Å². The number of nitrogens with zero attached hydrogens (tertiary/aromatic N) is 4. The number of hydrogen-bond acceptors (Lipinski definition) is 6. The zero-order valence-corrected chi connectivity index (χ0v) is 18.5. The first-order valence-corrected chi connectivity index (χ1v) is 11.6. The van der Waals surface area contributed by atoms with E-state index >= 15 is 0 Å². The number of fused-ring (bicyclic) bond motifs is 1. The lowest BCUT2D eigenvalue weighted by molar-refractivity contribution is 0.191. The van der Waals surface area contributed by atoms with Crippen molar-refractivity contribution < 1.29 is 4.74 Å². The summed E-state index contributed by atoms with van der Waals surface area (Å²) in [5, 5.41) is 9.29.